The van der Waals surface area contributed by atoms with Crippen molar-refractivity contribution in [3.8, 4) is 0 Å². The van der Waals surface area contributed by atoms with Crippen molar-refractivity contribution in [3.63, 3.8) is 0 Å². The van der Waals surface area contributed by atoms with Gasteiger partial charge in [0.15, 0.2) is 0 Å². The van der Waals surface area contributed by atoms with E-state index in [1.165, 1.54) is 24.3 Å². The topological polar surface area (TPSA) is 127 Å². The van der Waals surface area contributed by atoms with E-state index in [4.69, 9.17) is 10.2 Å². The minimum absolute atomic E-state index is 0.250. The van der Waals surface area contributed by atoms with Crippen molar-refractivity contribution in [1.82, 2.24) is 5.32 Å². The molecule has 0 saturated heterocycles. The molecule has 1 rings (SSSR count). The Kier molecular flexibility index (Phi) is 5.45. The molecule has 1 atom stereocenters. The van der Waals surface area contributed by atoms with Crippen LogP contribution in [0.15, 0.2) is 24.3 Å². The highest BCUT2D eigenvalue weighted by Gasteiger charge is 2.23. The Morgan fingerprint density at radius 3 is 2.14 bits per heavy atom. The Bertz CT molecular complexity index is 622. The molecule has 0 aliphatic heterocycles. The van der Waals surface area contributed by atoms with E-state index in [9.17, 15) is 18.0 Å². The minimum atomic E-state index is -3.63. The second kappa shape index (κ2) is 6.68. The Morgan fingerprint density at radius 2 is 1.76 bits per heavy atom. The van der Waals surface area contributed by atoms with Crippen LogP contribution in [0.2, 0.25) is 0 Å². The van der Waals surface area contributed by atoms with Gasteiger partial charge in [-0.15, -0.1) is 0 Å². The monoisotopic (exact) mass is 314 g/mol. The van der Waals surface area contributed by atoms with E-state index in [1.807, 2.05) is 0 Å². The zero-order valence-corrected chi connectivity index (χ0v) is 12.6. The lowest BCUT2D eigenvalue weighted by molar-refractivity contribution is -0.140. The number of hydrogen-bond donors (Lipinski definition) is 3. The van der Waals surface area contributed by atoms with Gasteiger partial charge in [-0.2, -0.15) is 0 Å². The predicted molar refractivity (Wildman–Crippen MR) is 77.0 cm³/mol. The summed E-state index contributed by atoms with van der Waals surface area (Å²) in [6.45, 7) is 3.38. The van der Waals surface area contributed by atoms with Crippen LogP contribution >= 0.6 is 0 Å². The van der Waals surface area contributed by atoms with Gasteiger partial charge in [0, 0.05) is 5.56 Å². The molecule has 0 aliphatic carbocycles. The molecule has 21 heavy (non-hydrogen) atoms. The summed E-state index contributed by atoms with van der Waals surface area (Å²) in [7, 11) is -3.63. The van der Waals surface area contributed by atoms with Crippen LogP contribution in [-0.4, -0.2) is 31.4 Å². The molecule has 4 N–H and O–H groups in total. The summed E-state index contributed by atoms with van der Waals surface area (Å²) in [5, 5.41) is 16.4. The standard InChI is InChI=1S/C13H18N2O5S/c1-8(2)11(13(17)18)15-12(16)10-5-3-9(4-6-10)7-21(14,19)20/h3-6,8,11H,7H2,1-2H3,(H,15,16)(H,17,18)(H2,14,19,20)/t11-/m1/s1. The van der Waals surface area contributed by atoms with Gasteiger partial charge in [-0.25, -0.2) is 18.4 Å². The largest absolute Gasteiger partial charge is 0.480 e. The van der Waals surface area contributed by atoms with Crippen molar-refractivity contribution in [3.05, 3.63) is 35.4 Å². The SMILES string of the molecule is CC(C)[C@@H](NC(=O)c1ccc(CS(N)(=O)=O)cc1)C(=O)O. The Hall–Kier alpha value is -1.93. The van der Waals surface area contributed by atoms with Gasteiger partial charge < -0.3 is 10.4 Å². The van der Waals surface area contributed by atoms with Crippen LogP contribution in [0.3, 0.4) is 0 Å². The van der Waals surface area contributed by atoms with Gasteiger partial charge in [0.25, 0.3) is 5.91 Å². The molecule has 0 unspecified atom stereocenters. The summed E-state index contributed by atoms with van der Waals surface area (Å²) in [6, 6.07) is 4.79. The summed E-state index contributed by atoms with van der Waals surface area (Å²) < 4.78 is 21.9. The number of nitrogens with two attached hydrogens (primary N) is 1. The summed E-state index contributed by atoms with van der Waals surface area (Å²) in [5.41, 5.74) is 0.702. The molecule has 7 nitrogen and oxygen atoms in total. The first kappa shape index (κ1) is 17.1. The zero-order chi connectivity index (χ0) is 16.2. The van der Waals surface area contributed by atoms with Crippen molar-refractivity contribution in [2.45, 2.75) is 25.6 Å². The number of sulfonamides is 1. The van der Waals surface area contributed by atoms with Crippen LogP contribution in [0.5, 0.6) is 0 Å². The molecule has 116 valence electrons. The van der Waals surface area contributed by atoms with Gasteiger partial charge in [0.1, 0.15) is 6.04 Å². The second-order valence-corrected chi connectivity index (χ2v) is 6.65. The van der Waals surface area contributed by atoms with Crippen LogP contribution in [0, 0.1) is 5.92 Å². The molecular weight excluding hydrogens is 296 g/mol. The van der Waals surface area contributed by atoms with Crippen molar-refractivity contribution in [2.24, 2.45) is 11.1 Å². The van der Waals surface area contributed by atoms with Crippen LogP contribution in [0.4, 0.5) is 0 Å². The molecule has 0 aliphatic rings. The first-order valence-corrected chi connectivity index (χ1v) is 7.95. The third-order valence-electron chi connectivity index (χ3n) is 2.80. The Morgan fingerprint density at radius 1 is 1.24 bits per heavy atom. The second-order valence-electron chi connectivity index (χ2n) is 5.04. The lowest BCUT2D eigenvalue weighted by Gasteiger charge is -2.17. The number of primary sulfonamides is 1. The number of aliphatic carboxylic acids is 1. The smallest absolute Gasteiger partial charge is 0.326 e. The molecule has 1 aromatic carbocycles. The zero-order valence-electron chi connectivity index (χ0n) is 11.7. The normalized spacial score (nSPS) is 13.0. The average Bonchev–Trinajstić information content (AvgIpc) is 2.33. The maximum Gasteiger partial charge on any atom is 0.326 e. The lowest BCUT2D eigenvalue weighted by atomic mass is 10.0. The molecule has 8 heteroatoms. The van der Waals surface area contributed by atoms with Crippen molar-refractivity contribution in [1.29, 1.82) is 0 Å². The number of amides is 1. The molecule has 1 amide bonds. The molecule has 1 aromatic rings. The highest BCUT2D eigenvalue weighted by atomic mass is 32.2. The molecule has 0 saturated carbocycles. The minimum Gasteiger partial charge on any atom is -0.480 e. The molecule has 0 spiro atoms. The van der Waals surface area contributed by atoms with Gasteiger partial charge in [0.2, 0.25) is 10.0 Å². The summed E-state index contributed by atoms with van der Waals surface area (Å²) in [4.78, 5) is 23.0. The first-order chi connectivity index (χ1) is 9.60. The van der Waals surface area contributed by atoms with Crippen molar-refractivity contribution < 1.29 is 23.1 Å². The van der Waals surface area contributed by atoms with E-state index in [2.05, 4.69) is 5.32 Å². The summed E-state index contributed by atoms with van der Waals surface area (Å²) in [6.07, 6.45) is 0. The number of benzene rings is 1. The summed E-state index contributed by atoms with van der Waals surface area (Å²) >= 11 is 0. The Balaban J connectivity index is 2.82. The van der Waals surface area contributed by atoms with Gasteiger partial charge in [-0.3, -0.25) is 4.79 Å². The van der Waals surface area contributed by atoms with Crippen LogP contribution < -0.4 is 10.5 Å². The lowest BCUT2D eigenvalue weighted by Crippen LogP contribution is -2.44. The number of nitrogens with one attached hydrogen (secondary N) is 1. The number of hydrogen-bond acceptors (Lipinski definition) is 4. The maximum atomic E-state index is 11.9. The highest BCUT2D eigenvalue weighted by molar-refractivity contribution is 7.88. The van der Waals surface area contributed by atoms with E-state index in [1.54, 1.807) is 13.8 Å². The third kappa shape index (κ3) is 5.52. The first-order valence-electron chi connectivity index (χ1n) is 6.23. The molecule has 0 radical (unpaired) electrons. The number of carboxylic acid groups (broad SMARTS) is 1. The third-order valence-corrected chi connectivity index (χ3v) is 3.54. The van der Waals surface area contributed by atoms with Crippen LogP contribution in [0.25, 0.3) is 0 Å². The number of carbonyl (C=O) groups is 2. The molecule has 0 bridgehead atoms. The summed E-state index contributed by atoms with van der Waals surface area (Å²) in [5.74, 6) is -2.21. The molecular formula is C13H18N2O5S. The molecule has 0 heterocycles. The fraction of sp³-hybridized carbons (Fsp3) is 0.385. The maximum absolute atomic E-state index is 11.9. The van der Waals surface area contributed by atoms with Crippen molar-refractivity contribution >= 4 is 21.9 Å². The van der Waals surface area contributed by atoms with E-state index < -0.39 is 27.9 Å². The van der Waals surface area contributed by atoms with E-state index >= 15 is 0 Å². The van der Waals surface area contributed by atoms with E-state index in [-0.39, 0.29) is 17.2 Å². The van der Waals surface area contributed by atoms with Crippen LogP contribution in [0.1, 0.15) is 29.8 Å². The van der Waals surface area contributed by atoms with Gasteiger partial charge >= 0.3 is 5.97 Å². The van der Waals surface area contributed by atoms with E-state index in [0.29, 0.717) is 5.56 Å². The highest BCUT2D eigenvalue weighted by Crippen LogP contribution is 2.09. The molecule has 0 fully saturated rings. The molecule has 0 aromatic heterocycles. The Labute approximate surface area is 123 Å². The average molecular weight is 314 g/mol. The van der Waals surface area contributed by atoms with Crippen LogP contribution in [-0.2, 0) is 20.6 Å². The quantitative estimate of drug-likeness (QED) is 0.696. The number of rotatable bonds is 6. The van der Waals surface area contributed by atoms with Gasteiger partial charge in [0.05, 0.1) is 5.75 Å². The number of carboxylic acids is 1. The van der Waals surface area contributed by atoms with Gasteiger partial charge in [-0.05, 0) is 23.6 Å². The fourth-order valence-corrected chi connectivity index (χ4v) is 2.38. The fourth-order valence-electron chi connectivity index (χ4n) is 1.72. The number of carbonyl (C=O) groups excluding carboxylic acids is 1. The van der Waals surface area contributed by atoms with Gasteiger partial charge in [-0.1, -0.05) is 26.0 Å². The predicted octanol–water partition coefficient (Wildman–Crippen LogP) is 0.314. The van der Waals surface area contributed by atoms with E-state index in [0.717, 1.165) is 0 Å². The van der Waals surface area contributed by atoms with Crippen molar-refractivity contribution in [2.75, 3.05) is 0 Å².